The van der Waals surface area contributed by atoms with Crippen molar-refractivity contribution in [1.82, 2.24) is 15.0 Å². The molecule has 1 heterocycles. The molecular formula is C11H10N6O2S. The number of nitrogens with two attached hydrogens (primary N) is 1. The van der Waals surface area contributed by atoms with E-state index in [0.717, 1.165) is 5.69 Å². The highest BCUT2D eigenvalue weighted by Gasteiger charge is 2.05. The van der Waals surface area contributed by atoms with Gasteiger partial charge in [0.15, 0.2) is 5.11 Å². The van der Waals surface area contributed by atoms with E-state index in [2.05, 4.69) is 27.7 Å². The van der Waals surface area contributed by atoms with E-state index in [1.54, 1.807) is 29.2 Å². The van der Waals surface area contributed by atoms with E-state index in [-0.39, 0.29) is 10.8 Å². The largest absolute Gasteiger partial charge is 0.375 e. The second kappa shape index (κ2) is 5.89. The van der Waals surface area contributed by atoms with Crippen LogP contribution < -0.4 is 11.2 Å². The van der Waals surface area contributed by atoms with E-state index in [1.807, 2.05) is 0 Å². The van der Waals surface area contributed by atoms with Crippen molar-refractivity contribution in [2.24, 2.45) is 10.8 Å². The molecule has 0 atom stereocenters. The second-order valence-electron chi connectivity index (χ2n) is 3.71. The number of rotatable bonds is 4. The third kappa shape index (κ3) is 3.36. The van der Waals surface area contributed by atoms with Gasteiger partial charge in [0, 0.05) is 24.0 Å². The lowest BCUT2D eigenvalue weighted by atomic mass is 10.3. The normalized spacial score (nSPS) is 10.6. The number of nitro groups is 1. The van der Waals surface area contributed by atoms with Crippen molar-refractivity contribution in [2.45, 2.75) is 0 Å². The molecule has 102 valence electrons. The fourth-order valence-electron chi connectivity index (χ4n) is 1.45. The maximum atomic E-state index is 10.6. The predicted molar refractivity (Wildman–Crippen MR) is 77.7 cm³/mol. The molecule has 8 nitrogen and oxygen atoms in total. The molecule has 0 bridgehead atoms. The van der Waals surface area contributed by atoms with E-state index in [4.69, 9.17) is 5.73 Å². The van der Waals surface area contributed by atoms with Crippen LogP contribution in [-0.2, 0) is 0 Å². The van der Waals surface area contributed by atoms with Crippen molar-refractivity contribution in [1.29, 1.82) is 0 Å². The average molecular weight is 290 g/mol. The summed E-state index contributed by atoms with van der Waals surface area (Å²) in [7, 11) is 0. The highest BCUT2D eigenvalue weighted by molar-refractivity contribution is 7.80. The first kappa shape index (κ1) is 13.6. The van der Waals surface area contributed by atoms with Gasteiger partial charge in [-0.25, -0.2) is 4.98 Å². The lowest BCUT2D eigenvalue weighted by Gasteiger charge is -2.00. The molecule has 0 saturated heterocycles. The zero-order valence-electron chi connectivity index (χ0n) is 10.1. The van der Waals surface area contributed by atoms with Crippen LogP contribution in [0.2, 0.25) is 0 Å². The summed E-state index contributed by atoms with van der Waals surface area (Å²) in [6.07, 6.45) is 4.75. The van der Waals surface area contributed by atoms with E-state index < -0.39 is 4.92 Å². The van der Waals surface area contributed by atoms with Crippen LogP contribution in [0.4, 0.5) is 5.69 Å². The van der Waals surface area contributed by atoms with Gasteiger partial charge in [0.2, 0.25) is 0 Å². The van der Waals surface area contributed by atoms with Crippen LogP contribution in [0.25, 0.3) is 5.69 Å². The Bertz CT molecular complexity index is 664. The number of hydrogen-bond donors (Lipinski definition) is 2. The topological polar surface area (TPSA) is 111 Å². The van der Waals surface area contributed by atoms with Gasteiger partial charge in [-0.1, -0.05) is 0 Å². The van der Waals surface area contributed by atoms with Gasteiger partial charge in [0.05, 0.1) is 17.5 Å². The van der Waals surface area contributed by atoms with Gasteiger partial charge in [-0.2, -0.15) is 5.10 Å². The number of nitrogens with zero attached hydrogens (tertiary/aromatic N) is 4. The molecule has 0 fully saturated rings. The van der Waals surface area contributed by atoms with Gasteiger partial charge in [0.25, 0.3) is 5.69 Å². The molecule has 2 aromatic rings. The number of hydrogen-bond acceptors (Lipinski definition) is 5. The average Bonchev–Trinajstić information content (AvgIpc) is 2.87. The summed E-state index contributed by atoms with van der Waals surface area (Å²) in [5, 5.41) is 14.4. The smallest absolute Gasteiger partial charge is 0.269 e. The summed E-state index contributed by atoms with van der Waals surface area (Å²) in [6.45, 7) is 0. The van der Waals surface area contributed by atoms with Crippen molar-refractivity contribution in [3.63, 3.8) is 0 Å². The molecule has 0 radical (unpaired) electrons. The fraction of sp³-hybridized carbons (Fsp3) is 0. The molecule has 0 aliphatic rings. The van der Waals surface area contributed by atoms with Crippen LogP contribution in [0, 0.1) is 10.1 Å². The van der Waals surface area contributed by atoms with Crippen molar-refractivity contribution in [3.05, 3.63) is 52.6 Å². The highest BCUT2D eigenvalue weighted by atomic mass is 32.1. The number of nitro benzene ring substituents is 1. The fourth-order valence-corrected chi connectivity index (χ4v) is 1.51. The maximum absolute atomic E-state index is 10.6. The summed E-state index contributed by atoms with van der Waals surface area (Å²) in [5.74, 6) is 0. The zero-order valence-corrected chi connectivity index (χ0v) is 10.9. The van der Waals surface area contributed by atoms with Gasteiger partial charge in [0.1, 0.15) is 5.69 Å². The van der Waals surface area contributed by atoms with Crippen LogP contribution in [-0.4, -0.2) is 25.8 Å². The molecule has 20 heavy (non-hydrogen) atoms. The third-order valence-corrected chi connectivity index (χ3v) is 2.42. The molecule has 0 aliphatic heterocycles. The molecule has 3 N–H and O–H groups in total. The monoisotopic (exact) mass is 290 g/mol. The predicted octanol–water partition coefficient (Wildman–Crippen LogP) is 0.948. The van der Waals surface area contributed by atoms with Gasteiger partial charge in [-0.15, -0.1) is 0 Å². The lowest BCUT2D eigenvalue weighted by molar-refractivity contribution is -0.384. The molecule has 0 saturated carbocycles. The molecule has 1 aromatic heterocycles. The number of thiocarbonyl (C=S) groups is 1. The molecule has 2 rings (SSSR count). The van der Waals surface area contributed by atoms with E-state index >= 15 is 0 Å². The lowest BCUT2D eigenvalue weighted by Crippen LogP contribution is -2.24. The van der Waals surface area contributed by atoms with Crippen LogP contribution in [0.5, 0.6) is 0 Å². The maximum Gasteiger partial charge on any atom is 0.269 e. The molecule has 0 amide bonds. The van der Waals surface area contributed by atoms with Crippen LogP contribution >= 0.6 is 12.2 Å². The number of hydrazone groups is 1. The molecule has 0 aliphatic carbocycles. The van der Waals surface area contributed by atoms with Crippen LogP contribution in [0.1, 0.15) is 5.69 Å². The Kier molecular flexibility index (Phi) is 4.01. The summed E-state index contributed by atoms with van der Waals surface area (Å²) in [6, 6.07) is 6.12. The Morgan fingerprint density at radius 2 is 2.20 bits per heavy atom. The summed E-state index contributed by atoms with van der Waals surface area (Å²) >= 11 is 4.60. The minimum atomic E-state index is -0.447. The van der Waals surface area contributed by atoms with Gasteiger partial charge >= 0.3 is 0 Å². The molecular weight excluding hydrogens is 280 g/mol. The number of non-ortho nitro benzene ring substituents is 1. The minimum absolute atomic E-state index is 0.0382. The number of benzene rings is 1. The first-order valence-corrected chi connectivity index (χ1v) is 5.84. The van der Waals surface area contributed by atoms with Gasteiger partial charge in [-0.3, -0.25) is 15.5 Å². The zero-order chi connectivity index (χ0) is 14.5. The van der Waals surface area contributed by atoms with Crippen LogP contribution in [0.15, 0.2) is 41.9 Å². The molecule has 9 heteroatoms. The molecule has 0 unspecified atom stereocenters. The SMILES string of the molecule is NC(=S)NN=Cc1cn(-c2ccc([N+](=O)[O-])cc2)cn1. The quantitative estimate of drug-likeness (QED) is 0.375. The van der Waals surface area contributed by atoms with E-state index in [0.29, 0.717) is 5.69 Å². The van der Waals surface area contributed by atoms with Crippen molar-refractivity contribution in [2.75, 3.05) is 0 Å². The summed E-state index contributed by atoms with van der Waals surface area (Å²) in [4.78, 5) is 14.2. The van der Waals surface area contributed by atoms with Crippen LogP contribution in [0.3, 0.4) is 0 Å². The van der Waals surface area contributed by atoms with Crippen molar-refractivity contribution < 1.29 is 4.92 Å². The third-order valence-electron chi connectivity index (χ3n) is 2.33. The summed E-state index contributed by atoms with van der Waals surface area (Å²) in [5.41, 5.74) is 9.02. The van der Waals surface area contributed by atoms with Crippen molar-refractivity contribution in [3.8, 4) is 5.69 Å². The second-order valence-corrected chi connectivity index (χ2v) is 4.15. The molecule has 1 aromatic carbocycles. The Hall–Kier alpha value is -2.81. The van der Waals surface area contributed by atoms with Crippen molar-refractivity contribution >= 4 is 29.2 Å². The Morgan fingerprint density at radius 3 is 2.80 bits per heavy atom. The van der Waals surface area contributed by atoms with Gasteiger partial charge in [-0.05, 0) is 24.4 Å². The number of imidazole rings is 1. The van der Waals surface area contributed by atoms with E-state index in [1.165, 1.54) is 18.3 Å². The highest BCUT2D eigenvalue weighted by Crippen LogP contribution is 2.15. The first-order chi connectivity index (χ1) is 9.56. The minimum Gasteiger partial charge on any atom is -0.375 e. The number of aromatic nitrogens is 2. The van der Waals surface area contributed by atoms with E-state index in [9.17, 15) is 10.1 Å². The molecule has 0 spiro atoms. The number of nitrogens with one attached hydrogen (secondary N) is 1. The Balaban J connectivity index is 2.14. The van der Waals surface area contributed by atoms with Gasteiger partial charge < -0.3 is 10.3 Å². The first-order valence-electron chi connectivity index (χ1n) is 5.43. The summed E-state index contributed by atoms with van der Waals surface area (Å²) < 4.78 is 1.71. The Morgan fingerprint density at radius 1 is 1.50 bits per heavy atom. The standard InChI is InChI=1S/C11H10N6O2S/c12-11(20)15-14-5-8-6-16(7-13-8)9-1-3-10(4-2-9)17(18)19/h1-7H,(H3,12,15,20). The Labute approximate surface area is 119 Å².